The smallest absolute Gasteiger partial charge is 0.223 e. The van der Waals surface area contributed by atoms with Crippen molar-refractivity contribution < 1.29 is 9.90 Å². The molecule has 0 bridgehead atoms. The third-order valence-electron chi connectivity index (χ3n) is 3.31. The van der Waals surface area contributed by atoms with Crippen molar-refractivity contribution in [3.05, 3.63) is 0 Å². The van der Waals surface area contributed by atoms with Gasteiger partial charge in [0.05, 0.1) is 0 Å². The normalized spacial score (nSPS) is 39.8. The van der Waals surface area contributed by atoms with Crippen LogP contribution in [-0.4, -0.2) is 23.7 Å². The van der Waals surface area contributed by atoms with E-state index in [2.05, 4.69) is 19.2 Å². The standard InChI is InChI=1S/C10H17NO2/c1-10(2)4-7(10)9(13)11-8-3-6(8)5-12/h6-8,12H,3-5H2,1-2H3,(H,11,13)/t6-,7+,8+/m0/s1. The molecule has 2 aliphatic rings. The van der Waals surface area contributed by atoms with Gasteiger partial charge in [0.2, 0.25) is 5.91 Å². The van der Waals surface area contributed by atoms with Crippen LogP contribution < -0.4 is 5.32 Å². The maximum Gasteiger partial charge on any atom is 0.223 e. The van der Waals surface area contributed by atoms with E-state index in [1.54, 1.807) is 0 Å². The zero-order valence-electron chi connectivity index (χ0n) is 8.21. The van der Waals surface area contributed by atoms with E-state index in [-0.39, 0.29) is 29.9 Å². The average Bonchev–Trinajstić information content (AvgIpc) is 2.89. The number of aliphatic hydroxyl groups is 1. The maximum atomic E-state index is 11.5. The number of carbonyl (C=O) groups is 1. The van der Waals surface area contributed by atoms with Crippen molar-refractivity contribution in [1.29, 1.82) is 0 Å². The molecule has 0 saturated heterocycles. The summed E-state index contributed by atoms with van der Waals surface area (Å²) in [5.74, 6) is 0.726. The Bertz CT molecular complexity index is 237. The summed E-state index contributed by atoms with van der Waals surface area (Å²) in [6, 6.07) is 0.258. The highest BCUT2D eigenvalue weighted by molar-refractivity contribution is 5.82. The van der Waals surface area contributed by atoms with Crippen LogP contribution in [0.1, 0.15) is 26.7 Å². The van der Waals surface area contributed by atoms with E-state index in [1.807, 2.05) is 0 Å². The first-order valence-electron chi connectivity index (χ1n) is 4.96. The van der Waals surface area contributed by atoms with Crippen LogP contribution in [0.5, 0.6) is 0 Å². The number of hydrogen-bond acceptors (Lipinski definition) is 2. The van der Waals surface area contributed by atoms with E-state index in [0.29, 0.717) is 5.92 Å². The maximum absolute atomic E-state index is 11.5. The van der Waals surface area contributed by atoms with Gasteiger partial charge in [-0.05, 0) is 18.3 Å². The van der Waals surface area contributed by atoms with Crippen LogP contribution in [0.25, 0.3) is 0 Å². The Morgan fingerprint density at radius 3 is 2.62 bits per heavy atom. The zero-order chi connectivity index (χ0) is 9.64. The SMILES string of the molecule is CC1(C)C[C@@H]1C(=O)N[C@@H]1C[C@H]1CO. The van der Waals surface area contributed by atoms with Gasteiger partial charge in [-0.2, -0.15) is 0 Å². The summed E-state index contributed by atoms with van der Waals surface area (Å²) >= 11 is 0. The number of amides is 1. The van der Waals surface area contributed by atoms with Gasteiger partial charge in [-0.25, -0.2) is 0 Å². The van der Waals surface area contributed by atoms with Crippen molar-refractivity contribution in [2.75, 3.05) is 6.61 Å². The summed E-state index contributed by atoms with van der Waals surface area (Å²) in [7, 11) is 0. The molecule has 0 spiro atoms. The van der Waals surface area contributed by atoms with Crippen molar-refractivity contribution in [3.8, 4) is 0 Å². The van der Waals surface area contributed by atoms with Crippen LogP contribution in [0.15, 0.2) is 0 Å². The molecule has 0 aliphatic heterocycles. The van der Waals surface area contributed by atoms with E-state index in [1.165, 1.54) is 0 Å². The molecule has 3 nitrogen and oxygen atoms in total. The van der Waals surface area contributed by atoms with Crippen LogP contribution >= 0.6 is 0 Å². The molecule has 3 atom stereocenters. The summed E-state index contributed by atoms with van der Waals surface area (Å²) in [6.45, 7) is 4.44. The van der Waals surface area contributed by atoms with E-state index >= 15 is 0 Å². The Morgan fingerprint density at radius 1 is 1.62 bits per heavy atom. The molecule has 3 heteroatoms. The Morgan fingerprint density at radius 2 is 2.23 bits per heavy atom. The van der Waals surface area contributed by atoms with E-state index < -0.39 is 0 Å². The first-order chi connectivity index (χ1) is 6.04. The molecule has 2 rings (SSSR count). The molecule has 1 amide bonds. The molecule has 2 fully saturated rings. The predicted octanol–water partition coefficient (Wildman–Crippen LogP) is 0.529. The number of aliphatic hydroxyl groups excluding tert-OH is 1. The minimum atomic E-state index is 0.186. The summed E-state index contributed by atoms with van der Waals surface area (Å²) in [4.78, 5) is 11.5. The molecule has 0 unspecified atom stereocenters. The van der Waals surface area contributed by atoms with Gasteiger partial charge in [-0.3, -0.25) is 4.79 Å². The molecule has 74 valence electrons. The van der Waals surface area contributed by atoms with Crippen molar-refractivity contribution in [3.63, 3.8) is 0 Å². The summed E-state index contributed by atoms with van der Waals surface area (Å²) in [5.41, 5.74) is 0.216. The number of carbonyl (C=O) groups excluding carboxylic acids is 1. The fraction of sp³-hybridized carbons (Fsp3) is 0.900. The summed E-state index contributed by atoms with van der Waals surface area (Å²) in [6.07, 6.45) is 1.96. The van der Waals surface area contributed by atoms with Gasteiger partial charge >= 0.3 is 0 Å². The average molecular weight is 183 g/mol. The third kappa shape index (κ3) is 1.70. The molecule has 2 saturated carbocycles. The van der Waals surface area contributed by atoms with E-state index in [0.717, 1.165) is 12.8 Å². The van der Waals surface area contributed by atoms with Crippen LogP contribution in [0.3, 0.4) is 0 Å². The summed E-state index contributed by atoms with van der Waals surface area (Å²) in [5, 5.41) is 11.8. The lowest BCUT2D eigenvalue weighted by Gasteiger charge is -2.05. The quantitative estimate of drug-likeness (QED) is 0.670. The topological polar surface area (TPSA) is 49.3 Å². The minimum absolute atomic E-state index is 0.186. The van der Waals surface area contributed by atoms with E-state index in [9.17, 15) is 4.79 Å². The molecular weight excluding hydrogens is 166 g/mol. The van der Waals surface area contributed by atoms with Crippen molar-refractivity contribution in [1.82, 2.24) is 5.32 Å². The lowest BCUT2D eigenvalue weighted by atomic mass is 10.1. The number of nitrogens with one attached hydrogen (secondary N) is 1. The lowest BCUT2D eigenvalue weighted by molar-refractivity contribution is -0.123. The second-order valence-corrected chi connectivity index (χ2v) is 5.04. The van der Waals surface area contributed by atoms with Gasteiger partial charge in [-0.1, -0.05) is 13.8 Å². The van der Waals surface area contributed by atoms with Gasteiger partial charge in [0.15, 0.2) is 0 Å². The Balaban J connectivity index is 1.75. The first-order valence-corrected chi connectivity index (χ1v) is 4.96. The Labute approximate surface area is 78.5 Å². The fourth-order valence-corrected chi connectivity index (χ4v) is 1.82. The number of hydrogen-bond donors (Lipinski definition) is 2. The molecule has 0 aromatic carbocycles. The highest BCUT2D eigenvalue weighted by Gasteiger charge is 2.52. The highest BCUT2D eigenvalue weighted by atomic mass is 16.3. The van der Waals surface area contributed by atoms with Crippen LogP contribution in [0.2, 0.25) is 0 Å². The first kappa shape index (κ1) is 9.00. The van der Waals surface area contributed by atoms with Crippen LogP contribution in [-0.2, 0) is 4.79 Å². The summed E-state index contributed by atoms with van der Waals surface area (Å²) < 4.78 is 0. The minimum Gasteiger partial charge on any atom is -0.396 e. The lowest BCUT2D eigenvalue weighted by Crippen LogP contribution is -2.30. The Kier molecular flexibility index (Phi) is 1.88. The largest absolute Gasteiger partial charge is 0.396 e. The molecular formula is C10H17NO2. The fourth-order valence-electron chi connectivity index (χ4n) is 1.82. The Hall–Kier alpha value is -0.570. The highest BCUT2D eigenvalue weighted by Crippen LogP contribution is 2.52. The molecule has 0 aromatic rings. The van der Waals surface area contributed by atoms with Crippen molar-refractivity contribution in [2.24, 2.45) is 17.3 Å². The van der Waals surface area contributed by atoms with Gasteiger partial charge in [0.1, 0.15) is 0 Å². The second-order valence-electron chi connectivity index (χ2n) is 5.04. The van der Waals surface area contributed by atoms with Crippen molar-refractivity contribution in [2.45, 2.75) is 32.7 Å². The van der Waals surface area contributed by atoms with Gasteiger partial charge in [0.25, 0.3) is 0 Å². The molecule has 0 radical (unpaired) electrons. The van der Waals surface area contributed by atoms with Crippen molar-refractivity contribution >= 4 is 5.91 Å². The number of rotatable bonds is 3. The van der Waals surface area contributed by atoms with Gasteiger partial charge in [-0.15, -0.1) is 0 Å². The third-order valence-corrected chi connectivity index (χ3v) is 3.31. The molecule has 13 heavy (non-hydrogen) atoms. The molecule has 0 heterocycles. The predicted molar refractivity (Wildman–Crippen MR) is 49.0 cm³/mol. The van der Waals surface area contributed by atoms with Crippen LogP contribution in [0, 0.1) is 17.3 Å². The van der Waals surface area contributed by atoms with E-state index in [4.69, 9.17) is 5.11 Å². The zero-order valence-corrected chi connectivity index (χ0v) is 8.21. The molecule has 2 aliphatic carbocycles. The molecule has 0 aromatic heterocycles. The monoisotopic (exact) mass is 183 g/mol. The molecule has 2 N–H and O–H groups in total. The van der Waals surface area contributed by atoms with Gasteiger partial charge in [0, 0.05) is 24.5 Å². The second kappa shape index (κ2) is 2.71. The van der Waals surface area contributed by atoms with Gasteiger partial charge < -0.3 is 10.4 Å². The van der Waals surface area contributed by atoms with Crippen LogP contribution in [0.4, 0.5) is 0 Å².